The maximum Gasteiger partial charge on any atom is 0.262 e. The van der Waals surface area contributed by atoms with Gasteiger partial charge >= 0.3 is 0 Å². The van der Waals surface area contributed by atoms with Gasteiger partial charge in [-0.05, 0) is 57.4 Å². The maximum atomic E-state index is 13.0. The summed E-state index contributed by atoms with van der Waals surface area (Å²) in [5.41, 5.74) is 1.24. The van der Waals surface area contributed by atoms with E-state index in [1.54, 1.807) is 23.0 Å². The molecule has 0 radical (unpaired) electrons. The molecule has 7 heteroatoms. The summed E-state index contributed by atoms with van der Waals surface area (Å²) in [5, 5.41) is 1.22. The molecule has 0 aromatic carbocycles. The fourth-order valence-corrected chi connectivity index (χ4v) is 6.62. The van der Waals surface area contributed by atoms with Crippen LogP contribution in [0.1, 0.15) is 56.4 Å². The van der Waals surface area contributed by atoms with Crippen LogP contribution in [0.15, 0.2) is 9.95 Å². The van der Waals surface area contributed by atoms with Crippen LogP contribution in [0.5, 0.6) is 0 Å². The van der Waals surface area contributed by atoms with E-state index in [1.165, 1.54) is 28.6 Å². The fourth-order valence-electron chi connectivity index (χ4n) is 4.37. The van der Waals surface area contributed by atoms with Crippen molar-refractivity contribution in [3.8, 4) is 0 Å². The molecule has 5 nitrogen and oxygen atoms in total. The smallest absolute Gasteiger partial charge is 0.262 e. The van der Waals surface area contributed by atoms with Crippen LogP contribution in [-0.2, 0) is 24.7 Å². The molecule has 2 aliphatic rings. The van der Waals surface area contributed by atoms with Crippen molar-refractivity contribution >= 4 is 39.2 Å². The summed E-state index contributed by atoms with van der Waals surface area (Å²) in [4.78, 5) is 35.0. The largest absolute Gasteiger partial charge is 0.339 e. The Labute approximate surface area is 168 Å². The number of hydrogen-bond acceptors (Lipinski definition) is 5. The minimum absolute atomic E-state index is 0.0333. The van der Waals surface area contributed by atoms with Crippen LogP contribution >= 0.6 is 23.1 Å². The molecule has 2 aromatic heterocycles. The first-order valence-corrected chi connectivity index (χ1v) is 11.7. The molecule has 1 saturated heterocycles. The molecule has 2 atom stereocenters. The van der Waals surface area contributed by atoms with Crippen LogP contribution < -0.4 is 5.56 Å². The number of nitrogens with zero attached hydrogens (tertiary/aromatic N) is 3. The molecule has 0 saturated carbocycles. The molecule has 1 aliphatic carbocycles. The van der Waals surface area contributed by atoms with Crippen LogP contribution in [0.25, 0.3) is 10.2 Å². The summed E-state index contributed by atoms with van der Waals surface area (Å²) in [7, 11) is 1.78. The monoisotopic (exact) mass is 405 g/mol. The fraction of sp³-hybridized carbons (Fsp3) is 0.650. The predicted octanol–water partition coefficient (Wildman–Crippen LogP) is 3.76. The Balaban J connectivity index is 1.60. The van der Waals surface area contributed by atoms with E-state index in [0.717, 1.165) is 55.3 Å². The highest BCUT2D eigenvalue weighted by atomic mass is 32.2. The summed E-state index contributed by atoms with van der Waals surface area (Å²) in [6.07, 6.45) is 7.58. The van der Waals surface area contributed by atoms with E-state index in [1.807, 2.05) is 6.92 Å². The van der Waals surface area contributed by atoms with Crippen molar-refractivity contribution in [1.29, 1.82) is 0 Å². The highest BCUT2D eigenvalue weighted by Crippen LogP contribution is 2.36. The van der Waals surface area contributed by atoms with Crippen molar-refractivity contribution in [3.63, 3.8) is 0 Å². The van der Waals surface area contributed by atoms with Crippen molar-refractivity contribution < 1.29 is 4.79 Å². The Morgan fingerprint density at radius 3 is 2.93 bits per heavy atom. The number of fused-ring (bicyclic) bond motifs is 3. The summed E-state index contributed by atoms with van der Waals surface area (Å²) in [6, 6.07) is 0.355. The van der Waals surface area contributed by atoms with Crippen LogP contribution in [0.4, 0.5) is 0 Å². The van der Waals surface area contributed by atoms with E-state index in [-0.39, 0.29) is 16.7 Å². The highest BCUT2D eigenvalue weighted by molar-refractivity contribution is 8.00. The normalized spacial score (nSPS) is 20.9. The number of carbonyl (C=O) groups excluding carboxylic acids is 1. The molecular weight excluding hydrogens is 378 g/mol. The Hall–Kier alpha value is -1.34. The quantitative estimate of drug-likeness (QED) is 0.574. The van der Waals surface area contributed by atoms with E-state index in [2.05, 4.69) is 11.8 Å². The second-order valence-corrected chi connectivity index (χ2v) is 10.0. The first-order chi connectivity index (χ1) is 13.0. The van der Waals surface area contributed by atoms with E-state index in [9.17, 15) is 9.59 Å². The maximum absolute atomic E-state index is 13.0. The zero-order valence-corrected chi connectivity index (χ0v) is 17.9. The number of aromatic nitrogens is 2. The molecule has 1 fully saturated rings. The molecule has 1 aliphatic heterocycles. The zero-order chi connectivity index (χ0) is 19.1. The lowest BCUT2D eigenvalue weighted by Gasteiger charge is -2.36. The molecule has 146 valence electrons. The van der Waals surface area contributed by atoms with E-state index in [4.69, 9.17) is 4.98 Å². The minimum atomic E-state index is -0.237. The van der Waals surface area contributed by atoms with Crippen LogP contribution in [-0.4, -0.2) is 38.2 Å². The molecule has 0 spiro atoms. The third kappa shape index (κ3) is 3.33. The SMILES string of the molecule is CCC1CCCCN1C(=O)C(C)Sc1nc2sc3c(c2c(=O)n1C)CCC3. The molecular formula is C20H27N3O2S2. The van der Waals surface area contributed by atoms with Gasteiger partial charge in [-0.1, -0.05) is 18.7 Å². The van der Waals surface area contributed by atoms with Crippen molar-refractivity contribution in [2.24, 2.45) is 7.05 Å². The van der Waals surface area contributed by atoms with Crippen molar-refractivity contribution in [2.45, 2.75) is 75.2 Å². The number of thiophene rings is 1. The molecule has 3 heterocycles. The van der Waals surface area contributed by atoms with Gasteiger partial charge in [-0.3, -0.25) is 14.2 Å². The van der Waals surface area contributed by atoms with E-state index < -0.39 is 0 Å². The second-order valence-electron chi connectivity index (χ2n) is 7.65. The lowest BCUT2D eigenvalue weighted by atomic mass is 10.00. The predicted molar refractivity (Wildman–Crippen MR) is 112 cm³/mol. The van der Waals surface area contributed by atoms with Gasteiger partial charge in [0.2, 0.25) is 5.91 Å². The number of likely N-dealkylation sites (tertiary alicyclic amines) is 1. The molecule has 0 N–H and O–H groups in total. The molecule has 1 amide bonds. The lowest BCUT2D eigenvalue weighted by molar-refractivity contribution is -0.134. The number of rotatable bonds is 4. The Kier molecular flexibility index (Phi) is 5.34. The van der Waals surface area contributed by atoms with Gasteiger partial charge in [-0.2, -0.15) is 0 Å². The molecule has 0 bridgehead atoms. The average Bonchev–Trinajstić information content (AvgIpc) is 3.25. The van der Waals surface area contributed by atoms with Gasteiger partial charge in [-0.25, -0.2) is 4.98 Å². The first kappa shape index (κ1) is 19.0. The van der Waals surface area contributed by atoms with Gasteiger partial charge < -0.3 is 4.90 Å². The summed E-state index contributed by atoms with van der Waals surface area (Å²) >= 11 is 3.08. The van der Waals surface area contributed by atoms with Crippen LogP contribution in [0.3, 0.4) is 0 Å². The van der Waals surface area contributed by atoms with Gasteiger partial charge in [0, 0.05) is 24.5 Å². The molecule has 27 heavy (non-hydrogen) atoms. The van der Waals surface area contributed by atoms with Gasteiger partial charge in [0.15, 0.2) is 5.16 Å². The van der Waals surface area contributed by atoms with Crippen LogP contribution in [0, 0.1) is 0 Å². The average molecular weight is 406 g/mol. The van der Waals surface area contributed by atoms with Crippen molar-refractivity contribution in [1.82, 2.24) is 14.5 Å². The van der Waals surface area contributed by atoms with Gasteiger partial charge in [0.05, 0.1) is 10.6 Å². The van der Waals surface area contributed by atoms with E-state index >= 15 is 0 Å². The second kappa shape index (κ2) is 7.59. The first-order valence-electron chi connectivity index (χ1n) is 9.99. The standard InChI is InChI=1S/C20H27N3O2S2/c1-4-13-8-5-6-11-23(13)18(24)12(2)26-20-21-17-16(19(25)22(20)3)14-9-7-10-15(14)27-17/h12-13H,4-11H2,1-3H3. The van der Waals surface area contributed by atoms with Crippen LogP contribution in [0.2, 0.25) is 0 Å². The number of thioether (sulfide) groups is 1. The zero-order valence-electron chi connectivity index (χ0n) is 16.3. The number of amides is 1. The number of aryl methyl sites for hydroxylation is 2. The molecule has 2 unspecified atom stereocenters. The Morgan fingerprint density at radius 2 is 2.15 bits per heavy atom. The third-order valence-corrected chi connectivity index (χ3v) is 8.23. The van der Waals surface area contributed by atoms with Gasteiger partial charge in [0.1, 0.15) is 4.83 Å². The molecule has 2 aromatic rings. The lowest BCUT2D eigenvalue weighted by Crippen LogP contribution is -2.46. The Morgan fingerprint density at radius 1 is 1.33 bits per heavy atom. The summed E-state index contributed by atoms with van der Waals surface area (Å²) in [6.45, 7) is 4.95. The van der Waals surface area contributed by atoms with Crippen molar-refractivity contribution in [2.75, 3.05) is 6.54 Å². The van der Waals surface area contributed by atoms with Gasteiger partial charge in [-0.15, -0.1) is 11.3 Å². The highest BCUT2D eigenvalue weighted by Gasteiger charge is 2.30. The Bertz CT molecular complexity index is 933. The number of hydrogen-bond donors (Lipinski definition) is 0. The van der Waals surface area contributed by atoms with Gasteiger partial charge in [0.25, 0.3) is 5.56 Å². The summed E-state index contributed by atoms with van der Waals surface area (Å²) in [5.74, 6) is 0.176. The number of piperidine rings is 1. The topological polar surface area (TPSA) is 55.2 Å². The van der Waals surface area contributed by atoms with Crippen molar-refractivity contribution in [3.05, 3.63) is 20.8 Å². The minimum Gasteiger partial charge on any atom is -0.339 e. The van der Waals surface area contributed by atoms with E-state index in [0.29, 0.717) is 11.2 Å². The third-order valence-electron chi connectivity index (χ3n) is 5.92. The summed E-state index contributed by atoms with van der Waals surface area (Å²) < 4.78 is 1.63. The molecule has 4 rings (SSSR count). The number of carbonyl (C=O) groups is 1.